The van der Waals surface area contributed by atoms with E-state index in [0.717, 1.165) is 18.2 Å². The van der Waals surface area contributed by atoms with Gasteiger partial charge in [-0.2, -0.15) is 0 Å². The van der Waals surface area contributed by atoms with Crippen molar-refractivity contribution in [2.75, 3.05) is 6.54 Å². The van der Waals surface area contributed by atoms with Crippen molar-refractivity contribution in [1.82, 2.24) is 5.32 Å². The molecular weight excluding hydrogens is 271 g/mol. The summed E-state index contributed by atoms with van der Waals surface area (Å²) in [5.74, 6) is -3.55. The van der Waals surface area contributed by atoms with Gasteiger partial charge in [0.1, 0.15) is 11.4 Å². The molecule has 0 aromatic heterocycles. The minimum absolute atomic E-state index is 0.182. The Balaban J connectivity index is 2.89. The van der Waals surface area contributed by atoms with Crippen LogP contribution >= 0.6 is 0 Å². The molecule has 1 rings (SSSR count). The zero-order valence-electron chi connectivity index (χ0n) is 10.6. The highest BCUT2D eigenvalue weighted by Crippen LogP contribution is 2.19. The molecule has 1 unspecified atom stereocenters. The lowest BCUT2D eigenvalue weighted by Gasteiger charge is -2.11. The van der Waals surface area contributed by atoms with Crippen molar-refractivity contribution in [3.8, 4) is 0 Å². The summed E-state index contributed by atoms with van der Waals surface area (Å²) in [5.41, 5.74) is -0.970. The van der Waals surface area contributed by atoms with Gasteiger partial charge in [0.15, 0.2) is 0 Å². The van der Waals surface area contributed by atoms with Gasteiger partial charge in [0.2, 0.25) is 0 Å². The number of nitrogens with one attached hydrogen (secondary N) is 1. The number of hydrogen-bond donors (Lipinski definition) is 2. The summed E-state index contributed by atoms with van der Waals surface area (Å²) in [5, 5.41) is 21.8. The van der Waals surface area contributed by atoms with Crippen LogP contribution in [0.4, 0.5) is 10.1 Å². The average molecular weight is 284 g/mol. The van der Waals surface area contributed by atoms with Crippen LogP contribution in [0.2, 0.25) is 0 Å². The molecule has 0 saturated carbocycles. The van der Waals surface area contributed by atoms with Gasteiger partial charge in [-0.15, -0.1) is 0 Å². The van der Waals surface area contributed by atoms with Crippen LogP contribution in [0.5, 0.6) is 0 Å². The van der Waals surface area contributed by atoms with Crippen molar-refractivity contribution >= 4 is 17.6 Å². The predicted molar refractivity (Wildman–Crippen MR) is 66.8 cm³/mol. The number of nitrogens with zero attached hydrogens (tertiary/aromatic N) is 1. The fourth-order valence-electron chi connectivity index (χ4n) is 1.57. The molecule has 0 aliphatic carbocycles. The van der Waals surface area contributed by atoms with Gasteiger partial charge in [-0.1, -0.05) is 6.92 Å². The van der Waals surface area contributed by atoms with Crippen molar-refractivity contribution in [1.29, 1.82) is 0 Å². The summed E-state index contributed by atoms with van der Waals surface area (Å²) in [6, 6.07) is 2.51. The normalized spacial score (nSPS) is 11.7. The number of aliphatic carboxylic acids is 1. The van der Waals surface area contributed by atoms with E-state index in [1.807, 2.05) is 0 Å². The van der Waals surface area contributed by atoms with E-state index in [9.17, 15) is 24.1 Å². The van der Waals surface area contributed by atoms with Crippen LogP contribution in [-0.2, 0) is 4.79 Å². The number of halogens is 1. The molecule has 0 heterocycles. The molecule has 0 radical (unpaired) electrons. The summed E-state index contributed by atoms with van der Waals surface area (Å²) >= 11 is 0. The number of nitro groups is 1. The second kappa shape index (κ2) is 6.60. The lowest BCUT2D eigenvalue weighted by atomic mass is 10.1. The van der Waals surface area contributed by atoms with Gasteiger partial charge in [-0.25, -0.2) is 4.39 Å². The monoisotopic (exact) mass is 284 g/mol. The largest absolute Gasteiger partial charge is 0.481 e. The topological polar surface area (TPSA) is 110 Å². The number of amides is 1. The maximum atomic E-state index is 13.1. The fourth-order valence-corrected chi connectivity index (χ4v) is 1.57. The minimum Gasteiger partial charge on any atom is -0.481 e. The van der Waals surface area contributed by atoms with E-state index in [2.05, 4.69) is 5.32 Å². The first-order valence-corrected chi connectivity index (χ1v) is 5.81. The summed E-state index contributed by atoms with van der Waals surface area (Å²) in [6.45, 7) is 1.45. The van der Waals surface area contributed by atoms with E-state index in [4.69, 9.17) is 5.11 Å². The highest BCUT2D eigenvalue weighted by Gasteiger charge is 2.22. The predicted octanol–water partition coefficient (Wildman–Crippen LogP) is 1.57. The molecule has 0 aliphatic heterocycles. The van der Waals surface area contributed by atoms with Crippen LogP contribution in [0.25, 0.3) is 0 Å². The number of rotatable bonds is 6. The maximum absolute atomic E-state index is 13.1. The molecule has 0 bridgehead atoms. The summed E-state index contributed by atoms with van der Waals surface area (Å²) in [6.07, 6.45) is 0.293. The zero-order valence-corrected chi connectivity index (χ0v) is 10.6. The molecule has 1 atom stereocenters. The number of carboxylic acids is 1. The third-order valence-electron chi connectivity index (χ3n) is 2.75. The Bertz CT molecular complexity index is 547. The highest BCUT2D eigenvalue weighted by molar-refractivity contribution is 5.98. The maximum Gasteiger partial charge on any atom is 0.308 e. The van der Waals surface area contributed by atoms with Crippen molar-refractivity contribution in [3.63, 3.8) is 0 Å². The van der Waals surface area contributed by atoms with Gasteiger partial charge in [-0.3, -0.25) is 19.7 Å². The molecule has 0 spiro atoms. The lowest BCUT2D eigenvalue weighted by molar-refractivity contribution is -0.385. The van der Waals surface area contributed by atoms with Crippen LogP contribution in [0.15, 0.2) is 18.2 Å². The molecule has 0 saturated heterocycles. The molecule has 20 heavy (non-hydrogen) atoms. The van der Waals surface area contributed by atoms with E-state index in [-0.39, 0.29) is 6.54 Å². The van der Waals surface area contributed by atoms with E-state index in [1.165, 1.54) is 0 Å². The molecule has 1 aromatic carbocycles. The third-order valence-corrected chi connectivity index (χ3v) is 2.75. The first-order valence-electron chi connectivity index (χ1n) is 5.81. The lowest BCUT2D eigenvalue weighted by Crippen LogP contribution is -2.33. The summed E-state index contributed by atoms with van der Waals surface area (Å²) in [7, 11) is 0. The van der Waals surface area contributed by atoms with Gasteiger partial charge in [-0.05, 0) is 18.6 Å². The van der Waals surface area contributed by atoms with Gasteiger partial charge >= 0.3 is 5.97 Å². The molecule has 2 N–H and O–H groups in total. The van der Waals surface area contributed by atoms with E-state index >= 15 is 0 Å². The number of benzene rings is 1. The molecular formula is C12H13FN2O5. The fraction of sp³-hybridized carbons (Fsp3) is 0.333. The van der Waals surface area contributed by atoms with E-state index in [0.29, 0.717) is 6.42 Å². The van der Waals surface area contributed by atoms with Gasteiger partial charge in [0.05, 0.1) is 10.8 Å². The van der Waals surface area contributed by atoms with E-state index in [1.54, 1.807) is 6.92 Å². The molecule has 8 heteroatoms. The summed E-state index contributed by atoms with van der Waals surface area (Å²) < 4.78 is 13.1. The van der Waals surface area contributed by atoms with Crippen LogP contribution in [-0.4, -0.2) is 28.5 Å². The summed E-state index contributed by atoms with van der Waals surface area (Å²) in [4.78, 5) is 32.5. The minimum atomic E-state index is -1.08. The standard InChI is InChI=1S/C12H13FN2O5/c1-2-7(12(17)18)6-14-11(16)9-5-8(13)3-4-10(9)15(19)20/h3-5,7H,2,6H2,1H3,(H,14,16)(H,17,18). The Hall–Kier alpha value is -2.51. The Kier molecular flexibility index (Phi) is 5.13. The van der Waals surface area contributed by atoms with Crippen LogP contribution in [0.1, 0.15) is 23.7 Å². The van der Waals surface area contributed by atoms with Crippen molar-refractivity contribution in [3.05, 3.63) is 39.7 Å². The van der Waals surface area contributed by atoms with Crippen molar-refractivity contribution in [2.45, 2.75) is 13.3 Å². The number of carbonyl (C=O) groups is 2. The Morgan fingerprint density at radius 1 is 1.50 bits per heavy atom. The molecule has 7 nitrogen and oxygen atoms in total. The number of carbonyl (C=O) groups excluding carboxylic acids is 1. The second-order valence-electron chi connectivity index (χ2n) is 4.07. The van der Waals surface area contributed by atoms with Crippen LogP contribution in [0, 0.1) is 21.8 Å². The third kappa shape index (κ3) is 3.74. The first-order chi connectivity index (χ1) is 9.36. The van der Waals surface area contributed by atoms with Gasteiger partial charge in [0, 0.05) is 12.6 Å². The average Bonchev–Trinajstić information content (AvgIpc) is 2.38. The molecule has 0 fully saturated rings. The Morgan fingerprint density at radius 2 is 2.15 bits per heavy atom. The smallest absolute Gasteiger partial charge is 0.308 e. The molecule has 108 valence electrons. The van der Waals surface area contributed by atoms with Gasteiger partial charge in [0.25, 0.3) is 11.6 Å². The zero-order chi connectivity index (χ0) is 15.3. The highest BCUT2D eigenvalue weighted by atomic mass is 19.1. The van der Waals surface area contributed by atoms with Crippen molar-refractivity contribution < 1.29 is 24.0 Å². The van der Waals surface area contributed by atoms with E-state index < -0.39 is 39.8 Å². The quantitative estimate of drug-likeness (QED) is 0.608. The second-order valence-corrected chi connectivity index (χ2v) is 4.07. The number of hydrogen-bond acceptors (Lipinski definition) is 4. The van der Waals surface area contributed by atoms with Crippen LogP contribution < -0.4 is 5.32 Å². The molecule has 1 amide bonds. The number of nitro benzene ring substituents is 1. The Morgan fingerprint density at radius 3 is 2.65 bits per heavy atom. The first kappa shape index (κ1) is 15.5. The Labute approximate surface area is 113 Å². The van der Waals surface area contributed by atoms with Crippen LogP contribution in [0.3, 0.4) is 0 Å². The molecule has 0 aliphatic rings. The molecule has 1 aromatic rings. The van der Waals surface area contributed by atoms with Crippen molar-refractivity contribution in [2.24, 2.45) is 5.92 Å². The SMILES string of the molecule is CCC(CNC(=O)c1cc(F)ccc1[N+](=O)[O-])C(=O)O. The van der Waals surface area contributed by atoms with Gasteiger partial charge < -0.3 is 10.4 Å². The number of carboxylic acid groups (broad SMARTS) is 1.